The average molecular weight is 319 g/mol. The van der Waals surface area contributed by atoms with Gasteiger partial charge in [0, 0.05) is 12.1 Å². The quantitative estimate of drug-likeness (QED) is 0.519. The van der Waals surface area contributed by atoms with Crippen LogP contribution in [-0.4, -0.2) is 26.2 Å². The Kier molecular flexibility index (Phi) is 8.88. The van der Waals surface area contributed by atoms with Crippen LogP contribution in [0.25, 0.3) is 6.08 Å². The lowest BCUT2D eigenvalue weighted by molar-refractivity contribution is -0.117. The van der Waals surface area contributed by atoms with Gasteiger partial charge in [-0.05, 0) is 37.1 Å². The molecule has 0 heterocycles. The Morgan fingerprint density at radius 1 is 1.17 bits per heavy atom. The molecule has 23 heavy (non-hydrogen) atoms. The molecule has 0 aliphatic heterocycles. The fourth-order valence-electron chi connectivity index (χ4n) is 2.37. The van der Waals surface area contributed by atoms with Crippen LogP contribution in [0.1, 0.15) is 51.5 Å². The Hall–Kier alpha value is -1.97. The monoisotopic (exact) mass is 319 g/mol. The second-order valence-electron chi connectivity index (χ2n) is 5.71. The first kappa shape index (κ1) is 19.1. The number of rotatable bonds is 10. The molecule has 0 saturated heterocycles. The SMILES string of the molecule is CCCCCC[C@H](C)NC(=O)/C=C/c1ccc(OC)c(OC)c1. The van der Waals surface area contributed by atoms with Gasteiger partial charge in [0.05, 0.1) is 14.2 Å². The number of benzene rings is 1. The van der Waals surface area contributed by atoms with E-state index in [2.05, 4.69) is 12.2 Å². The van der Waals surface area contributed by atoms with E-state index in [1.165, 1.54) is 19.3 Å². The molecule has 0 unspecified atom stereocenters. The molecule has 4 nitrogen and oxygen atoms in total. The molecule has 0 aliphatic rings. The first-order valence-corrected chi connectivity index (χ1v) is 8.31. The molecule has 1 atom stereocenters. The van der Waals surface area contributed by atoms with E-state index >= 15 is 0 Å². The van der Waals surface area contributed by atoms with Crippen molar-refractivity contribution in [3.8, 4) is 11.5 Å². The molecule has 1 aromatic carbocycles. The molecule has 0 aromatic heterocycles. The third kappa shape index (κ3) is 7.22. The van der Waals surface area contributed by atoms with Gasteiger partial charge in [0.2, 0.25) is 5.91 Å². The molecule has 0 aliphatic carbocycles. The van der Waals surface area contributed by atoms with E-state index in [1.54, 1.807) is 26.4 Å². The van der Waals surface area contributed by atoms with Crippen LogP contribution in [0.3, 0.4) is 0 Å². The van der Waals surface area contributed by atoms with Crippen LogP contribution in [0.2, 0.25) is 0 Å². The zero-order valence-corrected chi connectivity index (χ0v) is 14.7. The lowest BCUT2D eigenvalue weighted by Gasteiger charge is -2.12. The fourth-order valence-corrected chi connectivity index (χ4v) is 2.37. The van der Waals surface area contributed by atoms with E-state index in [9.17, 15) is 4.79 Å². The van der Waals surface area contributed by atoms with Gasteiger partial charge in [0.1, 0.15) is 0 Å². The summed E-state index contributed by atoms with van der Waals surface area (Å²) in [7, 11) is 3.20. The van der Waals surface area contributed by atoms with Crippen molar-refractivity contribution >= 4 is 12.0 Å². The highest BCUT2D eigenvalue weighted by atomic mass is 16.5. The van der Waals surface area contributed by atoms with Crippen LogP contribution in [0.4, 0.5) is 0 Å². The van der Waals surface area contributed by atoms with Crippen LogP contribution in [-0.2, 0) is 4.79 Å². The Morgan fingerprint density at radius 3 is 2.57 bits per heavy atom. The third-order valence-corrected chi connectivity index (χ3v) is 3.71. The molecule has 1 N–H and O–H groups in total. The van der Waals surface area contributed by atoms with Crippen molar-refractivity contribution in [1.82, 2.24) is 5.32 Å². The summed E-state index contributed by atoms with van der Waals surface area (Å²) < 4.78 is 10.4. The molecular formula is C19H29NO3. The topological polar surface area (TPSA) is 47.6 Å². The minimum absolute atomic E-state index is 0.0669. The van der Waals surface area contributed by atoms with Crippen LogP contribution < -0.4 is 14.8 Å². The van der Waals surface area contributed by atoms with Crippen LogP contribution in [0.15, 0.2) is 24.3 Å². The minimum Gasteiger partial charge on any atom is -0.493 e. The van der Waals surface area contributed by atoms with Crippen molar-refractivity contribution in [2.24, 2.45) is 0 Å². The fraction of sp³-hybridized carbons (Fsp3) is 0.526. The summed E-state index contributed by atoms with van der Waals surface area (Å²) in [5, 5.41) is 3.00. The maximum absolute atomic E-state index is 11.9. The van der Waals surface area contributed by atoms with Crippen LogP contribution in [0.5, 0.6) is 11.5 Å². The number of ether oxygens (including phenoxy) is 2. The van der Waals surface area contributed by atoms with Crippen LogP contribution in [0, 0.1) is 0 Å². The summed E-state index contributed by atoms with van der Waals surface area (Å²) in [5.41, 5.74) is 0.897. The van der Waals surface area contributed by atoms with E-state index < -0.39 is 0 Å². The predicted octanol–water partition coefficient (Wildman–Crippen LogP) is 4.19. The molecule has 0 bridgehead atoms. The van der Waals surface area contributed by atoms with E-state index in [0.29, 0.717) is 11.5 Å². The summed E-state index contributed by atoms with van der Waals surface area (Å²) in [4.78, 5) is 11.9. The molecule has 0 fully saturated rings. The van der Waals surface area contributed by atoms with Gasteiger partial charge in [-0.25, -0.2) is 0 Å². The Labute approximate surface area is 139 Å². The number of carbonyl (C=O) groups excluding carboxylic acids is 1. The van der Waals surface area contributed by atoms with Crippen molar-refractivity contribution in [1.29, 1.82) is 0 Å². The highest BCUT2D eigenvalue weighted by molar-refractivity contribution is 5.91. The third-order valence-electron chi connectivity index (χ3n) is 3.71. The summed E-state index contributed by atoms with van der Waals surface area (Å²) >= 11 is 0. The van der Waals surface area contributed by atoms with Crippen molar-refractivity contribution < 1.29 is 14.3 Å². The number of hydrogen-bond acceptors (Lipinski definition) is 3. The van der Waals surface area contributed by atoms with Crippen LogP contribution >= 0.6 is 0 Å². The van der Waals surface area contributed by atoms with Gasteiger partial charge in [-0.1, -0.05) is 38.7 Å². The first-order valence-electron chi connectivity index (χ1n) is 8.31. The largest absolute Gasteiger partial charge is 0.493 e. The number of nitrogens with one attached hydrogen (secondary N) is 1. The molecule has 1 aromatic rings. The molecule has 128 valence electrons. The maximum Gasteiger partial charge on any atom is 0.244 e. The lowest BCUT2D eigenvalue weighted by atomic mass is 10.1. The summed E-state index contributed by atoms with van der Waals surface area (Å²) in [6, 6.07) is 5.76. The number of amides is 1. The second kappa shape index (κ2) is 10.7. The zero-order valence-electron chi connectivity index (χ0n) is 14.7. The van der Waals surface area contributed by atoms with Crippen molar-refractivity contribution in [2.75, 3.05) is 14.2 Å². The number of hydrogen-bond donors (Lipinski definition) is 1. The zero-order chi connectivity index (χ0) is 17.1. The maximum atomic E-state index is 11.9. The highest BCUT2D eigenvalue weighted by Crippen LogP contribution is 2.27. The van der Waals surface area contributed by atoms with Gasteiger partial charge in [0.15, 0.2) is 11.5 Å². The molecule has 1 amide bonds. The average Bonchev–Trinajstić information content (AvgIpc) is 2.56. The molecular weight excluding hydrogens is 290 g/mol. The normalized spacial score (nSPS) is 12.2. The summed E-state index contributed by atoms with van der Waals surface area (Å²) in [6.07, 6.45) is 9.25. The highest BCUT2D eigenvalue weighted by Gasteiger charge is 2.05. The van der Waals surface area contributed by atoms with Crippen molar-refractivity contribution in [3.05, 3.63) is 29.8 Å². The molecule has 0 radical (unpaired) electrons. The molecule has 0 spiro atoms. The van der Waals surface area contributed by atoms with Gasteiger partial charge >= 0.3 is 0 Å². The smallest absolute Gasteiger partial charge is 0.244 e. The van der Waals surface area contributed by atoms with Gasteiger partial charge in [-0.2, -0.15) is 0 Å². The van der Waals surface area contributed by atoms with Gasteiger partial charge in [-0.3, -0.25) is 4.79 Å². The van der Waals surface area contributed by atoms with Gasteiger partial charge in [-0.15, -0.1) is 0 Å². The lowest BCUT2D eigenvalue weighted by Crippen LogP contribution is -2.30. The van der Waals surface area contributed by atoms with Gasteiger partial charge in [0.25, 0.3) is 0 Å². The molecule has 1 rings (SSSR count). The van der Waals surface area contributed by atoms with E-state index in [-0.39, 0.29) is 11.9 Å². The minimum atomic E-state index is -0.0669. The second-order valence-corrected chi connectivity index (χ2v) is 5.71. The molecule has 4 heteroatoms. The number of methoxy groups -OCH3 is 2. The standard InChI is InChI=1S/C19H29NO3/c1-5-6-7-8-9-15(2)20-19(21)13-11-16-10-12-17(22-3)18(14-16)23-4/h10-15H,5-9H2,1-4H3,(H,20,21)/b13-11+/t15-/m0/s1. The Balaban J connectivity index is 2.48. The summed E-state index contributed by atoms with van der Waals surface area (Å²) in [5.74, 6) is 1.26. The predicted molar refractivity (Wildman–Crippen MR) is 94.9 cm³/mol. The van der Waals surface area contributed by atoms with E-state index in [4.69, 9.17) is 9.47 Å². The van der Waals surface area contributed by atoms with E-state index in [0.717, 1.165) is 18.4 Å². The summed E-state index contributed by atoms with van der Waals surface area (Å²) in [6.45, 7) is 4.25. The van der Waals surface area contributed by atoms with Crippen molar-refractivity contribution in [2.45, 2.75) is 52.0 Å². The first-order chi connectivity index (χ1) is 11.1. The van der Waals surface area contributed by atoms with E-state index in [1.807, 2.05) is 25.1 Å². The Morgan fingerprint density at radius 2 is 1.91 bits per heavy atom. The molecule has 0 saturated carbocycles. The van der Waals surface area contributed by atoms with Gasteiger partial charge < -0.3 is 14.8 Å². The van der Waals surface area contributed by atoms with Crippen molar-refractivity contribution in [3.63, 3.8) is 0 Å². The Bertz CT molecular complexity index is 511. The number of unbranched alkanes of at least 4 members (excludes halogenated alkanes) is 3. The number of carbonyl (C=O) groups is 1.